The largest absolute Gasteiger partial charge is 0.491 e. The Hall–Kier alpha value is -2.04. The summed E-state index contributed by atoms with van der Waals surface area (Å²) in [7, 11) is 0. The van der Waals surface area contributed by atoms with Crippen LogP contribution in [0.15, 0.2) is 24.3 Å². The Morgan fingerprint density at radius 1 is 1.10 bits per heavy atom. The second-order valence-corrected chi connectivity index (χ2v) is 9.99. The number of rotatable bonds is 5. The molecule has 1 saturated heterocycles. The van der Waals surface area contributed by atoms with Crippen LogP contribution in [0.2, 0.25) is 0 Å². The third-order valence-corrected chi connectivity index (χ3v) is 6.31. The first-order chi connectivity index (χ1) is 13.6. The predicted molar refractivity (Wildman–Crippen MR) is 116 cm³/mol. The zero-order valence-electron chi connectivity index (χ0n) is 18.5. The number of ether oxygens (including phenoxy) is 1. The lowest BCUT2D eigenvalue weighted by Gasteiger charge is -2.37. The lowest BCUT2D eigenvalue weighted by Crippen LogP contribution is -2.42. The molecule has 2 aliphatic rings. The molecule has 5 nitrogen and oxygen atoms in total. The lowest BCUT2D eigenvalue weighted by atomic mass is 9.71. The molecule has 1 atom stereocenters. The van der Waals surface area contributed by atoms with Gasteiger partial charge in [-0.1, -0.05) is 20.8 Å². The quantitative estimate of drug-likeness (QED) is 0.789. The Kier molecular flexibility index (Phi) is 6.55. The molecule has 3 rings (SSSR count). The van der Waals surface area contributed by atoms with Crippen molar-refractivity contribution in [3.8, 4) is 5.75 Å². The van der Waals surface area contributed by atoms with Gasteiger partial charge < -0.3 is 15.0 Å². The number of nitrogens with zero attached hydrogens (tertiary/aromatic N) is 1. The highest BCUT2D eigenvalue weighted by Gasteiger charge is 2.37. The van der Waals surface area contributed by atoms with Crippen molar-refractivity contribution in [1.82, 2.24) is 5.32 Å². The van der Waals surface area contributed by atoms with E-state index in [-0.39, 0.29) is 36.3 Å². The fraction of sp³-hybridized carbons (Fsp3) is 0.667. The van der Waals surface area contributed by atoms with Gasteiger partial charge in [-0.2, -0.15) is 0 Å². The van der Waals surface area contributed by atoms with Crippen LogP contribution in [0.1, 0.15) is 66.7 Å². The maximum absolute atomic E-state index is 12.8. The van der Waals surface area contributed by atoms with E-state index in [2.05, 4.69) is 26.1 Å². The number of anilines is 1. The van der Waals surface area contributed by atoms with E-state index in [1.165, 1.54) is 0 Å². The van der Waals surface area contributed by atoms with Gasteiger partial charge in [0.25, 0.3) is 0 Å². The molecule has 5 heteroatoms. The fourth-order valence-corrected chi connectivity index (χ4v) is 4.53. The van der Waals surface area contributed by atoms with E-state index in [1.807, 2.05) is 38.1 Å². The van der Waals surface area contributed by atoms with E-state index >= 15 is 0 Å². The standard InChI is InChI=1S/C24H36N2O3/c1-16(2)29-21-12-10-20(11-13-21)26-15-17(14-22(26)27)23(28)25-19-8-6-18(7-9-19)24(3,4)5/h10-13,16-19H,6-9,14-15H2,1-5H3,(H,25,28)/t17-,18?,19?/m0/s1. The van der Waals surface area contributed by atoms with Crippen LogP contribution in [-0.4, -0.2) is 30.5 Å². The average Bonchev–Trinajstić information content (AvgIpc) is 3.03. The fourth-order valence-electron chi connectivity index (χ4n) is 4.53. The van der Waals surface area contributed by atoms with Crippen LogP contribution >= 0.6 is 0 Å². The topological polar surface area (TPSA) is 58.6 Å². The molecule has 29 heavy (non-hydrogen) atoms. The minimum atomic E-state index is -0.269. The van der Waals surface area contributed by atoms with Gasteiger partial charge in [-0.25, -0.2) is 0 Å². The molecule has 0 aromatic heterocycles. The summed E-state index contributed by atoms with van der Waals surface area (Å²) in [6.07, 6.45) is 4.79. The summed E-state index contributed by atoms with van der Waals surface area (Å²) in [6, 6.07) is 7.79. The number of hydrogen-bond acceptors (Lipinski definition) is 3. The molecule has 160 valence electrons. The first-order valence-corrected chi connectivity index (χ1v) is 11.0. The zero-order chi connectivity index (χ0) is 21.2. The van der Waals surface area contributed by atoms with Crippen molar-refractivity contribution < 1.29 is 14.3 Å². The number of nitrogens with one attached hydrogen (secondary N) is 1. The van der Waals surface area contributed by atoms with Gasteiger partial charge in [0.15, 0.2) is 0 Å². The second-order valence-electron chi connectivity index (χ2n) is 9.99. The summed E-state index contributed by atoms with van der Waals surface area (Å²) in [5.74, 6) is 1.28. The summed E-state index contributed by atoms with van der Waals surface area (Å²) < 4.78 is 5.66. The highest BCUT2D eigenvalue weighted by molar-refractivity contribution is 6.00. The summed E-state index contributed by atoms with van der Waals surface area (Å²) >= 11 is 0. The second kappa shape index (κ2) is 8.76. The Balaban J connectivity index is 1.53. The van der Waals surface area contributed by atoms with E-state index in [0.29, 0.717) is 12.0 Å². The van der Waals surface area contributed by atoms with Crippen LogP contribution in [0, 0.1) is 17.3 Å². The number of carbonyl (C=O) groups is 2. The molecule has 0 unspecified atom stereocenters. The molecule has 0 radical (unpaired) electrons. The average molecular weight is 401 g/mol. The molecule has 1 N–H and O–H groups in total. The Bertz CT molecular complexity index is 713. The minimum Gasteiger partial charge on any atom is -0.491 e. The van der Waals surface area contributed by atoms with Crippen molar-refractivity contribution in [3.05, 3.63) is 24.3 Å². The van der Waals surface area contributed by atoms with Crippen LogP contribution in [-0.2, 0) is 9.59 Å². The monoisotopic (exact) mass is 400 g/mol. The highest BCUT2D eigenvalue weighted by Crippen LogP contribution is 2.38. The van der Waals surface area contributed by atoms with E-state index in [1.54, 1.807) is 4.90 Å². The van der Waals surface area contributed by atoms with Crippen LogP contribution in [0.4, 0.5) is 5.69 Å². The summed E-state index contributed by atoms with van der Waals surface area (Å²) in [5.41, 5.74) is 1.16. The molecule has 1 saturated carbocycles. The van der Waals surface area contributed by atoms with E-state index < -0.39 is 0 Å². The van der Waals surface area contributed by atoms with Gasteiger partial charge in [-0.15, -0.1) is 0 Å². The van der Waals surface area contributed by atoms with Gasteiger partial charge in [0.1, 0.15) is 5.75 Å². The first-order valence-electron chi connectivity index (χ1n) is 11.0. The number of hydrogen-bond donors (Lipinski definition) is 1. The SMILES string of the molecule is CC(C)Oc1ccc(N2C[C@@H](C(=O)NC3CCC(C(C)(C)C)CC3)CC2=O)cc1. The van der Waals surface area contributed by atoms with Crippen LogP contribution in [0.5, 0.6) is 5.75 Å². The molecule has 1 aromatic carbocycles. The molecule has 2 fully saturated rings. The zero-order valence-corrected chi connectivity index (χ0v) is 18.5. The number of carbonyl (C=O) groups excluding carboxylic acids is 2. The van der Waals surface area contributed by atoms with E-state index in [9.17, 15) is 9.59 Å². The van der Waals surface area contributed by atoms with Crippen molar-refractivity contribution in [2.24, 2.45) is 17.3 Å². The summed E-state index contributed by atoms with van der Waals surface area (Å²) in [5, 5.41) is 3.22. The molecule has 2 amide bonds. The van der Waals surface area contributed by atoms with Gasteiger partial charge in [0, 0.05) is 24.7 Å². The van der Waals surface area contributed by atoms with Crippen molar-refractivity contribution in [2.75, 3.05) is 11.4 Å². The van der Waals surface area contributed by atoms with Crippen LogP contribution in [0.3, 0.4) is 0 Å². The van der Waals surface area contributed by atoms with Crippen molar-refractivity contribution in [3.63, 3.8) is 0 Å². The van der Waals surface area contributed by atoms with Gasteiger partial charge in [0.2, 0.25) is 11.8 Å². The first kappa shape index (κ1) is 21.7. The lowest BCUT2D eigenvalue weighted by molar-refractivity contribution is -0.127. The third kappa shape index (κ3) is 5.52. The molecule has 0 bridgehead atoms. The van der Waals surface area contributed by atoms with E-state index in [4.69, 9.17) is 4.74 Å². The van der Waals surface area contributed by atoms with Gasteiger partial charge in [0.05, 0.1) is 12.0 Å². The minimum absolute atomic E-state index is 0.0131. The molecule has 1 aromatic rings. The maximum Gasteiger partial charge on any atom is 0.227 e. The van der Waals surface area contributed by atoms with Crippen LogP contribution in [0.25, 0.3) is 0 Å². The normalized spacial score (nSPS) is 25.4. The Morgan fingerprint density at radius 2 is 1.72 bits per heavy atom. The Morgan fingerprint density at radius 3 is 2.28 bits per heavy atom. The molecule has 0 spiro atoms. The number of amides is 2. The molecular formula is C24H36N2O3. The predicted octanol–water partition coefficient (Wildman–Crippen LogP) is 4.55. The molecular weight excluding hydrogens is 364 g/mol. The third-order valence-electron chi connectivity index (χ3n) is 6.31. The molecule has 1 aliphatic carbocycles. The summed E-state index contributed by atoms with van der Waals surface area (Å²) in [4.78, 5) is 27.0. The Labute approximate surface area is 175 Å². The summed E-state index contributed by atoms with van der Waals surface area (Å²) in [6.45, 7) is 11.3. The van der Waals surface area contributed by atoms with Crippen molar-refractivity contribution in [1.29, 1.82) is 0 Å². The number of benzene rings is 1. The van der Waals surface area contributed by atoms with Gasteiger partial charge >= 0.3 is 0 Å². The van der Waals surface area contributed by atoms with Crippen molar-refractivity contribution >= 4 is 17.5 Å². The van der Waals surface area contributed by atoms with E-state index in [0.717, 1.165) is 43.0 Å². The van der Waals surface area contributed by atoms with Crippen LogP contribution < -0.4 is 15.0 Å². The maximum atomic E-state index is 12.8. The van der Waals surface area contributed by atoms with Gasteiger partial charge in [-0.05, 0) is 75.1 Å². The molecule has 1 heterocycles. The van der Waals surface area contributed by atoms with Crippen molar-refractivity contribution in [2.45, 2.75) is 78.9 Å². The molecule has 1 aliphatic heterocycles. The highest BCUT2D eigenvalue weighted by atomic mass is 16.5. The smallest absolute Gasteiger partial charge is 0.227 e. The van der Waals surface area contributed by atoms with Gasteiger partial charge in [-0.3, -0.25) is 9.59 Å².